The van der Waals surface area contributed by atoms with Crippen molar-refractivity contribution in [2.45, 2.75) is 45.1 Å². The zero-order chi connectivity index (χ0) is 12.3. The van der Waals surface area contributed by atoms with Gasteiger partial charge in [0.05, 0.1) is 6.10 Å². The highest BCUT2D eigenvalue weighted by Crippen LogP contribution is 2.24. The molecule has 0 spiro atoms. The first-order valence-corrected chi connectivity index (χ1v) is 6.23. The van der Waals surface area contributed by atoms with Crippen LogP contribution in [0, 0.1) is 6.92 Å². The van der Waals surface area contributed by atoms with Gasteiger partial charge in [-0.2, -0.15) is 0 Å². The molecule has 3 heteroatoms. The standard InChI is InChI=1S/C14H19NO2/c1-10-7-11(14(15)16)9-13(8-10)17-12-5-3-2-4-6-12/h7-9,12H,2-6H2,1H3,(H2,15,16). The summed E-state index contributed by atoms with van der Waals surface area (Å²) >= 11 is 0. The van der Waals surface area contributed by atoms with E-state index >= 15 is 0 Å². The van der Waals surface area contributed by atoms with E-state index in [1.807, 2.05) is 13.0 Å². The number of carbonyl (C=O) groups excluding carboxylic acids is 1. The van der Waals surface area contributed by atoms with Crippen LogP contribution in [0.15, 0.2) is 18.2 Å². The number of rotatable bonds is 3. The van der Waals surface area contributed by atoms with Gasteiger partial charge in [-0.05, 0) is 56.4 Å². The van der Waals surface area contributed by atoms with Crippen molar-refractivity contribution in [1.29, 1.82) is 0 Å². The molecule has 0 unspecified atom stereocenters. The van der Waals surface area contributed by atoms with Gasteiger partial charge >= 0.3 is 0 Å². The molecule has 1 saturated carbocycles. The second-order valence-corrected chi connectivity index (χ2v) is 4.78. The van der Waals surface area contributed by atoms with Gasteiger partial charge < -0.3 is 10.5 Å². The van der Waals surface area contributed by atoms with Gasteiger partial charge in [0.25, 0.3) is 0 Å². The van der Waals surface area contributed by atoms with Crippen molar-refractivity contribution in [1.82, 2.24) is 0 Å². The van der Waals surface area contributed by atoms with E-state index in [0.29, 0.717) is 11.7 Å². The van der Waals surface area contributed by atoms with Crippen LogP contribution in [0.5, 0.6) is 5.75 Å². The smallest absolute Gasteiger partial charge is 0.248 e. The second kappa shape index (κ2) is 5.21. The molecule has 0 aromatic heterocycles. The zero-order valence-electron chi connectivity index (χ0n) is 10.2. The Morgan fingerprint density at radius 2 is 1.94 bits per heavy atom. The number of hydrogen-bond acceptors (Lipinski definition) is 2. The Bertz CT molecular complexity index is 409. The van der Waals surface area contributed by atoms with Crippen molar-refractivity contribution in [3.63, 3.8) is 0 Å². The summed E-state index contributed by atoms with van der Waals surface area (Å²) in [6, 6.07) is 5.49. The number of carbonyl (C=O) groups is 1. The molecule has 0 saturated heterocycles. The monoisotopic (exact) mass is 233 g/mol. The van der Waals surface area contributed by atoms with E-state index in [9.17, 15) is 4.79 Å². The Balaban J connectivity index is 2.11. The van der Waals surface area contributed by atoms with E-state index in [2.05, 4.69) is 0 Å². The minimum absolute atomic E-state index is 0.297. The van der Waals surface area contributed by atoms with Crippen molar-refractivity contribution in [3.05, 3.63) is 29.3 Å². The van der Waals surface area contributed by atoms with E-state index in [-0.39, 0.29) is 0 Å². The molecule has 2 rings (SSSR count). The van der Waals surface area contributed by atoms with Crippen molar-refractivity contribution in [2.24, 2.45) is 5.73 Å². The Kier molecular flexibility index (Phi) is 3.67. The first-order valence-electron chi connectivity index (χ1n) is 6.23. The Morgan fingerprint density at radius 3 is 2.59 bits per heavy atom. The fraction of sp³-hybridized carbons (Fsp3) is 0.500. The zero-order valence-corrected chi connectivity index (χ0v) is 10.2. The normalized spacial score (nSPS) is 16.8. The molecule has 92 valence electrons. The van der Waals surface area contributed by atoms with Crippen LogP contribution in [0.1, 0.15) is 48.0 Å². The molecule has 0 radical (unpaired) electrons. The van der Waals surface area contributed by atoms with Crippen LogP contribution in [-0.4, -0.2) is 12.0 Å². The number of ether oxygens (including phenoxy) is 1. The van der Waals surface area contributed by atoms with Gasteiger partial charge in [-0.3, -0.25) is 4.79 Å². The third-order valence-electron chi connectivity index (χ3n) is 3.19. The largest absolute Gasteiger partial charge is 0.490 e. The topological polar surface area (TPSA) is 52.3 Å². The van der Waals surface area contributed by atoms with Gasteiger partial charge in [-0.15, -0.1) is 0 Å². The predicted octanol–water partition coefficient (Wildman–Crippen LogP) is 2.81. The van der Waals surface area contributed by atoms with Gasteiger partial charge in [-0.25, -0.2) is 0 Å². The van der Waals surface area contributed by atoms with E-state index in [0.717, 1.165) is 24.2 Å². The average Bonchev–Trinajstić information content (AvgIpc) is 2.29. The summed E-state index contributed by atoms with van der Waals surface area (Å²) in [5.41, 5.74) is 6.82. The summed E-state index contributed by atoms with van der Waals surface area (Å²) in [5.74, 6) is 0.368. The highest BCUT2D eigenvalue weighted by atomic mass is 16.5. The van der Waals surface area contributed by atoms with E-state index in [1.54, 1.807) is 12.1 Å². The lowest BCUT2D eigenvalue weighted by Gasteiger charge is -2.23. The van der Waals surface area contributed by atoms with Crippen LogP contribution in [0.2, 0.25) is 0 Å². The summed E-state index contributed by atoms with van der Waals surface area (Å²) in [6.07, 6.45) is 6.30. The summed E-state index contributed by atoms with van der Waals surface area (Å²) in [6.45, 7) is 1.94. The number of aryl methyl sites for hydroxylation is 1. The van der Waals surface area contributed by atoms with Crippen LogP contribution in [0.25, 0.3) is 0 Å². The van der Waals surface area contributed by atoms with E-state index < -0.39 is 5.91 Å². The maximum atomic E-state index is 11.2. The molecular weight excluding hydrogens is 214 g/mol. The highest BCUT2D eigenvalue weighted by molar-refractivity contribution is 5.93. The number of primary amides is 1. The lowest BCUT2D eigenvalue weighted by molar-refractivity contribution is 0.0998. The Morgan fingerprint density at radius 1 is 1.24 bits per heavy atom. The number of amides is 1. The molecule has 1 aliphatic carbocycles. The van der Waals surface area contributed by atoms with Gasteiger partial charge in [0.2, 0.25) is 5.91 Å². The molecule has 2 N–H and O–H groups in total. The molecule has 0 aliphatic heterocycles. The van der Waals surface area contributed by atoms with Crippen LogP contribution < -0.4 is 10.5 Å². The predicted molar refractivity (Wildman–Crippen MR) is 67.2 cm³/mol. The third-order valence-corrected chi connectivity index (χ3v) is 3.19. The molecule has 1 fully saturated rings. The van der Waals surface area contributed by atoms with Crippen LogP contribution >= 0.6 is 0 Å². The van der Waals surface area contributed by atoms with Gasteiger partial charge in [0.15, 0.2) is 0 Å². The van der Waals surface area contributed by atoms with Crippen LogP contribution in [0.3, 0.4) is 0 Å². The van der Waals surface area contributed by atoms with Crippen molar-refractivity contribution in [2.75, 3.05) is 0 Å². The molecule has 17 heavy (non-hydrogen) atoms. The molecule has 3 nitrogen and oxygen atoms in total. The lowest BCUT2D eigenvalue weighted by atomic mass is 9.98. The van der Waals surface area contributed by atoms with Crippen LogP contribution in [-0.2, 0) is 0 Å². The molecular formula is C14H19NO2. The summed E-state index contributed by atoms with van der Waals surface area (Å²) < 4.78 is 5.92. The summed E-state index contributed by atoms with van der Waals surface area (Å²) in [4.78, 5) is 11.2. The maximum absolute atomic E-state index is 11.2. The van der Waals surface area contributed by atoms with Gasteiger partial charge in [-0.1, -0.05) is 6.42 Å². The van der Waals surface area contributed by atoms with E-state index in [1.165, 1.54) is 19.3 Å². The molecule has 1 aromatic rings. The first kappa shape index (κ1) is 12.0. The molecule has 0 atom stereocenters. The summed E-state index contributed by atoms with van der Waals surface area (Å²) in [5, 5.41) is 0. The van der Waals surface area contributed by atoms with E-state index in [4.69, 9.17) is 10.5 Å². The quantitative estimate of drug-likeness (QED) is 0.872. The minimum Gasteiger partial charge on any atom is -0.490 e. The lowest BCUT2D eigenvalue weighted by Crippen LogP contribution is -2.20. The molecule has 1 amide bonds. The molecule has 0 bridgehead atoms. The van der Waals surface area contributed by atoms with Crippen molar-refractivity contribution in [3.8, 4) is 5.75 Å². The molecule has 1 aromatic carbocycles. The third kappa shape index (κ3) is 3.22. The van der Waals surface area contributed by atoms with Gasteiger partial charge in [0, 0.05) is 5.56 Å². The van der Waals surface area contributed by atoms with Gasteiger partial charge in [0.1, 0.15) is 5.75 Å². The second-order valence-electron chi connectivity index (χ2n) is 4.78. The minimum atomic E-state index is -0.401. The van der Waals surface area contributed by atoms with Crippen LogP contribution in [0.4, 0.5) is 0 Å². The maximum Gasteiger partial charge on any atom is 0.248 e. The number of nitrogens with two attached hydrogens (primary N) is 1. The fourth-order valence-electron chi connectivity index (χ4n) is 2.33. The van der Waals surface area contributed by atoms with Crippen molar-refractivity contribution >= 4 is 5.91 Å². The van der Waals surface area contributed by atoms with Crippen molar-refractivity contribution < 1.29 is 9.53 Å². The first-order chi connectivity index (χ1) is 8.15. The highest BCUT2D eigenvalue weighted by Gasteiger charge is 2.15. The molecule has 1 aliphatic rings. The average molecular weight is 233 g/mol. The Labute approximate surface area is 102 Å². The fourth-order valence-corrected chi connectivity index (χ4v) is 2.33. The SMILES string of the molecule is Cc1cc(OC2CCCCC2)cc(C(N)=O)c1. The number of benzene rings is 1. The number of hydrogen-bond donors (Lipinski definition) is 1. The molecule has 0 heterocycles. The summed E-state index contributed by atoms with van der Waals surface area (Å²) in [7, 11) is 0. The Hall–Kier alpha value is -1.51.